The Labute approximate surface area is 143 Å². The summed E-state index contributed by atoms with van der Waals surface area (Å²) in [6.45, 7) is 0.138. The number of carbonyl (C=O) groups excluding carboxylic acids is 1. The van der Waals surface area contributed by atoms with E-state index >= 15 is 0 Å². The first-order valence-electron chi connectivity index (χ1n) is 6.85. The molecule has 3 rings (SSSR count). The highest BCUT2D eigenvalue weighted by atomic mass is 32.1. The summed E-state index contributed by atoms with van der Waals surface area (Å²) >= 11 is 0.896. The second kappa shape index (κ2) is 7.05. The van der Waals surface area contributed by atoms with Gasteiger partial charge in [-0.3, -0.25) is 19.6 Å². The molecule has 0 bridgehead atoms. The lowest BCUT2D eigenvalue weighted by Gasteiger charge is -1.97. The zero-order valence-electron chi connectivity index (χ0n) is 12.5. The number of carbonyl (C=O) groups is 1. The number of halogens is 1. The van der Waals surface area contributed by atoms with E-state index in [4.69, 9.17) is 4.42 Å². The van der Waals surface area contributed by atoms with Crippen LogP contribution in [0.5, 0.6) is 0 Å². The first-order valence-corrected chi connectivity index (χ1v) is 7.67. The molecule has 11 heteroatoms. The maximum Gasteiger partial charge on any atom is 0.307 e. The Morgan fingerprint density at radius 3 is 3.00 bits per heavy atom. The molecular formula is C14H10FN5O4S. The second-order valence-electron chi connectivity index (χ2n) is 4.76. The summed E-state index contributed by atoms with van der Waals surface area (Å²) in [6, 6.07) is 5.83. The predicted molar refractivity (Wildman–Crippen MR) is 86.0 cm³/mol. The van der Waals surface area contributed by atoms with Gasteiger partial charge in [0, 0.05) is 0 Å². The van der Waals surface area contributed by atoms with E-state index < -0.39 is 10.8 Å². The van der Waals surface area contributed by atoms with Crippen LogP contribution in [0.3, 0.4) is 0 Å². The van der Waals surface area contributed by atoms with Gasteiger partial charge in [0.05, 0.1) is 22.6 Å². The minimum atomic E-state index is -0.578. The van der Waals surface area contributed by atoms with E-state index in [2.05, 4.69) is 15.6 Å². The number of aromatic nitrogens is 2. The Balaban J connectivity index is 1.59. The molecule has 3 aromatic heterocycles. The van der Waals surface area contributed by atoms with Gasteiger partial charge in [0.15, 0.2) is 10.9 Å². The van der Waals surface area contributed by atoms with Gasteiger partial charge >= 0.3 is 11.6 Å². The van der Waals surface area contributed by atoms with Gasteiger partial charge in [-0.15, -0.1) is 11.3 Å². The summed E-state index contributed by atoms with van der Waals surface area (Å²) in [5.41, 5.74) is 2.13. The standard InChI is InChI=1S/C14H10FN5O4S/c15-13-4-2-11(25-13)6-16-18-14(21)12-3-1-10(24-12)8-19-7-9(5-17-19)20(22)23/h1-7H,8H2,(H,18,21)/b16-6-. The summed E-state index contributed by atoms with van der Waals surface area (Å²) in [4.78, 5) is 22.5. The summed E-state index contributed by atoms with van der Waals surface area (Å²) < 4.78 is 19.5. The van der Waals surface area contributed by atoms with Gasteiger partial charge < -0.3 is 4.42 Å². The number of nitrogens with zero attached hydrogens (tertiary/aromatic N) is 4. The Hall–Kier alpha value is -3.34. The van der Waals surface area contributed by atoms with Crippen molar-refractivity contribution in [2.24, 2.45) is 5.10 Å². The van der Waals surface area contributed by atoms with Gasteiger partial charge in [0.2, 0.25) is 0 Å². The second-order valence-corrected chi connectivity index (χ2v) is 5.83. The van der Waals surface area contributed by atoms with Gasteiger partial charge in [-0.1, -0.05) is 0 Å². The fraction of sp³-hybridized carbons (Fsp3) is 0.0714. The third kappa shape index (κ3) is 4.14. The number of hydrogen-bond donors (Lipinski definition) is 1. The van der Waals surface area contributed by atoms with Crippen LogP contribution in [0.25, 0.3) is 0 Å². The molecule has 3 aromatic rings. The monoisotopic (exact) mass is 363 g/mol. The van der Waals surface area contributed by atoms with Crippen LogP contribution in [0.4, 0.5) is 10.1 Å². The molecule has 0 aliphatic heterocycles. The maximum atomic E-state index is 12.8. The molecule has 0 radical (unpaired) electrons. The van der Waals surface area contributed by atoms with E-state index in [1.165, 1.54) is 35.3 Å². The lowest BCUT2D eigenvalue weighted by Crippen LogP contribution is -2.16. The topological polar surface area (TPSA) is 116 Å². The molecule has 3 heterocycles. The zero-order chi connectivity index (χ0) is 17.8. The van der Waals surface area contributed by atoms with E-state index in [0.29, 0.717) is 10.6 Å². The molecule has 0 atom stereocenters. The van der Waals surface area contributed by atoms with Crippen LogP contribution in [0.2, 0.25) is 0 Å². The lowest BCUT2D eigenvalue weighted by molar-refractivity contribution is -0.385. The first-order chi connectivity index (χ1) is 12.0. The fourth-order valence-electron chi connectivity index (χ4n) is 1.89. The molecule has 128 valence electrons. The maximum absolute atomic E-state index is 12.8. The van der Waals surface area contributed by atoms with E-state index in [0.717, 1.165) is 17.5 Å². The van der Waals surface area contributed by atoms with Crippen LogP contribution in [0, 0.1) is 15.2 Å². The number of nitro groups is 1. The molecular weight excluding hydrogens is 353 g/mol. The minimum Gasteiger partial charge on any atom is -0.454 e. The van der Waals surface area contributed by atoms with Crippen molar-refractivity contribution in [1.29, 1.82) is 0 Å². The number of furan rings is 1. The number of thiophene rings is 1. The molecule has 0 aliphatic rings. The molecule has 0 unspecified atom stereocenters. The molecule has 25 heavy (non-hydrogen) atoms. The average Bonchev–Trinajstić information content (AvgIpc) is 3.29. The minimum absolute atomic E-state index is 0.0196. The van der Waals surface area contributed by atoms with Crippen molar-refractivity contribution in [3.8, 4) is 0 Å². The third-order valence-corrected chi connectivity index (χ3v) is 3.79. The van der Waals surface area contributed by atoms with E-state index in [1.54, 1.807) is 6.07 Å². The molecule has 0 aromatic carbocycles. The van der Waals surface area contributed by atoms with Crippen molar-refractivity contribution < 1.29 is 18.5 Å². The van der Waals surface area contributed by atoms with Crippen molar-refractivity contribution in [3.05, 3.63) is 68.3 Å². The van der Waals surface area contributed by atoms with Gasteiger partial charge in [0.25, 0.3) is 0 Å². The van der Waals surface area contributed by atoms with Gasteiger partial charge in [-0.25, -0.2) is 5.43 Å². The lowest BCUT2D eigenvalue weighted by atomic mass is 10.4. The smallest absolute Gasteiger partial charge is 0.307 e. The Morgan fingerprint density at radius 2 is 2.32 bits per heavy atom. The predicted octanol–water partition coefficient (Wildman–Crippen LogP) is 2.40. The van der Waals surface area contributed by atoms with Crippen LogP contribution in [0.1, 0.15) is 21.2 Å². The molecule has 1 N–H and O–H groups in total. The van der Waals surface area contributed by atoms with Gasteiger partial charge in [-0.2, -0.15) is 14.6 Å². The summed E-state index contributed by atoms with van der Waals surface area (Å²) in [6.07, 6.45) is 3.70. The normalized spacial score (nSPS) is 11.1. The summed E-state index contributed by atoms with van der Waals surface area (Å²) in [5, 5.41) is 17.8. The van der Waals surface area contributed by atoms with E-state index in [9.17, 15) is 19.3 Å². The summed E-state index contributed by atoms with van der Waals surface area (Å²) in [7, 11) is 0. The molecule has 1 amide bonds. The largest absolute Gasteiger partial charge is 0.454 e. The van der Waals surface area contributed by atoms with Crippen molar-refractivity contribution in [3.63, 3.8) is 0 Å². The molecule has 0 saturated heterocycles. The van der Waals surface area contributed by atoms with Crippen LogP contribution >= 0.6 is 11.3 Å². The highest BCUT2D eigenvalue weighted by Crippen LogP contribution is 2.13. The zero-order valence-corrected chi connectivity index (χ0v) is 13.3. The van der Waals surface area contributed by atoms with Crippen LogP contribution in [-0.2, 0) is 6.54 Å². The number of nitrogens with one attached hydrogen (secondary N) is 1. The highest BCUT2D eigenvalue weighted by molar-refractivity contribution is 7.12. The first kappa shape index (κ1) is 16.5. The Morgan fingerprint density at radius 1 is 1.48 bits per heavy atom. The van der Waals surface area contributed by atoms with E-state index in [1.807, 2.05) is 0 Å². The third-order valence-electron chi connectivity index (χ3n) is 2.99. The van der Waals surface area contributed by atoms with Crippen LogP contribution in [0.15, 0.2) is 46.2 Å². The van der Waals surface area contributed by atoms with Crippen molar-refractivity contribution in [2.45, 2.75) is 6.54 Å². The van der Waals surface area contributed by atoms with Gasteiger partial charge in [0.1, 0.15) is 18.2 Å². The highest BCUT2D eigenvalue weighted by Gasteiger charge is 2.13. The summed E-state index contributed by atoms with van der Waals surface area (Å²) in [5.74, 6) is -0.162. The molecule has 0 spiro atoms. The number of hydrogen-bond acceptors (Lipinski definition) is 7. The molecule has 0 saturated carbocycles. The van der Waals surface area contributed by atoms with Crippen LogP contribution in [-0.4, -0.2) is 26.8 Å². The van der Waals surface area contributed by atoms with Gasteiger partial charge in [-0.05, 0) is 24.3 Å². The number of amides is 1. The number of hydrazone groups is 1. The van der Waals surface area contributed by atoms with E-state index in [-0.39, 0.29) is 23.1 Å². The van der Waals surface area contributed by atoms with Crippen molar-refractivity contribution in [1.82, 2.24) is 15.2 Å². The fourth-order valence-corrected chi connectivity index (χ4v) is 2.49. The molecule has 0 aliphatic carbocycles. The molecule has 0 fully saturated rings. The SMILES string of the molecule is O=C(N/N=C\c1ccc(F)s1)c1ccc(Cn2cc([N+](=O)[O-])cn2)o1. The Kier molecular flexibility index (Phi) is 4.66. The van der Waals surface area contributed by atoms with Crippen molar-refractivity contribution >= 4 is 29.1 Å². The average molecular weight is 363 g/mol. The molecule has 9 nitrogen and oxygen atoms in total. The Bertz CT molecular complexity index is 945. The quantitative estimate of drug-likeness (QED) is 0.410. The number of rotatable bonds is 6. The van der Waals surface area contributed by atoms with Crippen LogP contribution < -0.4 is 5.43 Å². The van der Waals surface area contributed by atoms with Crippen molar-refractivity contribution in [2.75, 3.05) is 0 Å².